The Labute approximate surface area is 98.7 Å². The van der Waals surface area contributed by atoms with Gasteiger partial charge in [-0.25, -0.2) is 4.79 Å². The molecule has 0 saturated heterocycles. The maximum Gasteiger partial charge on any atom is 0.335 e. The highest BCUT2D eigenvalue weighted by Gasteiger charge is 2.20. The van der Waals surface area contributed by atoms with Crippen molar-refractivity contribution < 1.29 is 9.90 Å². The summed E-state index contributed by atoms with van der Waals surface area (Å²) in [5.41, 5.74) is 8.02. The van der Waals surface area contributed by atoms with Gasteiger partial charge < -0.3 is 10.8 Å². The smallest absolute Gasteiger partial charge is 0.335 e. The van der Waals surface area contributed by atoms with E-state index < -0.39 is 5.97 Å². The van der Waals surface area contributed by atoms with Crippen LogP contribution in [0.4, 0.5) is 0 Å². The Bertz CT molecular complexity index is 459. The van der Waals surface area contributed by atoms with E-state index in [1.165, 1.54) is 0 Å². The summed E-state index contributed by atoms with van der Waals surface area (Å²) >= 11 is 4.85. The molecule has 84 valence electrons. The Morgan fingerprint density at radius 1 is 1.44 bits per heavy atom. The first-order valence-electron chi connectivity index (χ1n) is 4.92. The first kappa shape index (κ1) is 11.0. The van der Waals surface area contributed by atoms with Crippen LogP contribution in [0.2, 0.25) is 0 Å². The number of rotatable bonds is 3. The van der Waals surface area contributed by atoms with Crippen molar-refractivity contribution in [2.75, 3.05) is 6.54 Å². The average molecular weight is 236 g/mol. The topological polar surface area (TPSA) is 66.6 Å². The van der Waals surface area contributed by atoms with Crippen LogP contribution in [0, 0.1) is 0 Å². The molecule has 0 aliphatic carbocycles. The molecule has 0 aromatic heterocycles. The number of carbonyl (C=O) groups is 1. The third-order valence-corrected chi connectivity index (χ3v) is 2.75. The largest absolute Gasteiger partial charge is 0.478 e. The van der Waals surface area contributed by atoms with Crippen LogP contribution in [0.3, 0.4) is 0 Å². The quantitative estimate of drug-likeness (QED) is 0.766. The molecule has 2 rings (SSSR count). The van der Waals surface area contributed by atoms with Gasteiger partial charge >= 0.3 is 5.97 Å². The molecule has 1 aromatic rings. The van der Waals surface area contributed by atoms with E-state index in [1.54, 1.807) is 12.1 Å². The molecule has 4 nitrogen and oxygen atoms in total. The number of benzene rings is 1. The summed E-state index contributed by atoms with van der Waals surface area (Å²) < 4.78 is 0. The zero-order valence-electron chi connectivity index (χ0n) is 8.64. The molecule has 16 heavy (non-hydrogen) atoms. The lowest BCUT2D eigenvalue weighted by Crippen LogP contribution is -2.28. The number of carboxylic acid groups (broad SMARTS) is 1. The molecule has 0 saturated carbocycles. The van der Waals surface area contributed by atoms with Crippen LogP contribution in [0.1, 0.15) is 21.5 Å². The normalized spacial score (nSPS) is 14.8. The molecule has 0 unspecified atom stereocenters. The van der Waals surface area contributed by atoms with Gasteiger partial charge in [0.25, 0.3) is 0 Å². The number of hydrogen-bond acceptors (Lipinski definition) is 3. The minimum absolute atomic E-state index is 0.330. The van der Waals surface area contributed by atoms with E-state index in [0.29, 0.717) is 23.6 Å². The molecule has 5 heteroatoms. The summed E-state index contributed by atoms with van der Waals surface area (Å²) in [6.45, 7) is 2.08. The first-order valence-corrected chi connectivity index (χ1v) is 5.33. The van der Waals surface area contributed by atoms with Crippen molar-refractivity contribution in [2.45, 2.75) is 13.1 Å². The number of nitrogens with two attached hydrogens (primary N) is 1. The first-order chi connectivity index (χ1) is 7.56. The Balaban J connectivity index is 2.18. The number of nitrogens with zero attached hydrogens (tertiary/aromatic N) is 1. The van der Waals surface area contributed by atoms with Crippen LogP contribution in [-0.4, -0.2) is 27.5 Å². The molecule has 1 aromatic carbocycles. The third kappa shape index (κ3) is 2.20. The van der Waals surface area contributed by atoms with E-state index in [4.69, 9.17) is 23.1 Å². The number of aromatic carboxylic acids is 1. The van der Waals surface area contributed by atoms with Gasteiger partial charge in [0.1, 0.15) is 0 Å². The highest BCUT2D eigenvalue weighted by atomic mass is 32.1. The average Bonchev–Trinajstić information content (AvgIpc) is 2.56. The Kier molecular flexibility index (Phi) is 2.89. The summed E-state index contributed by atoms with van der Waals surface area (Å²) in [6, 6.07) is 5.21. The second kappa shape index (κ2) is 4.19. The predicted octanol–water partition coefficient (Wildman–Crippen LogP) is 0.987. The number of thiocarbonyl (C=S) groups is 1. The molecule has 0 amide bonds. The standard InChI is InChI=1S/C11H12N2O2S/c12-10(16)6-13-4-8-2-1-7(11(14)15)3-9(8)5-13/h1-3H,4-6H2,(H2,12,16)(H,14,15). The van der Waals surface area contributed by atoms with E-state index in [1.807, 2.05) is 6.07 Å². The van der Waals surface area contributed by atoms with E-state index in [9.17, 15) is 4.79 Å². The molecule has 1 aliphatic rings. The Hall–Kier alpha value is -1.46. The highest BCUT2D eigenvalue weighted by molar-refractivity contribution is 7.80. The molecule has 0 spiro atoms. The van der Waals surface area contributed by atoms with Gasteiger partial charge in [-0.15, -0.1) is 0 Å². The lowest BCUT2D eigenvalue weighted by molar-refractivity contribution is 0.0697. The number of fused-ring (bicyclic) bond motifs is 1. The third-order valence-electron chi connectivity index (χ3n) is 2.62. The lowest BCUT2D eigenvalue weighted by Gasteiger charge is -2.12. The molecule has 0 fully saturated rings. The van der Waals surface area contributed by atoms with Gasteiger partial charge in [-0.1, -0.05) is 18.3 Å². The van der Waals surface area contributed by atoms with E-state index in [0.717, 1.165) is 17.7 Å². The van der Waals surface area contributed by atoms with E-state index in [-0.39, 0.29) is 0 Å². The van der Waals surface area contributed by atoms with Crippen LogP contribution < -0.4 is 5.73 Å². The van der Waals surface area contributed by atoms with Crippen molar-refractivity contribution in [1.29, 1.82) is 0 Å². The van der Waals surface area contributed by atoms with Crippen molar-refractivity contribution in [1.82, 2.24) is 4.90 Å². The molecular formula is C11H12N2O2S. The molecule has 0 atom stereocenters. The monoisotopic (exact) mass is 236 g/mol. The predicted molar refractivity (Wildman–Crippen MR) is 64.3 cm³/mol. The van der Waals surface area contributed by atoms with Crippen molar-refractivity contribution >= 4 is 23.2 Å². The summed E-state index contributed by atoms with van der Waals surface area (Å²) in [4.78, 5) is 13.4. The van der Waals surface area contributed by atoms with Crippen LogP contribution >= 0.6 is 12.2 Å². The summed E-state index contributed by atoms with van der Waals surface area (Å²) in [7, 11) is 0. The van der Waals surface area contributed by atoms with Crippen LogP contribution in [0.15, 0.2) is 18.2 Å². The molecule has 0 bridgehead atoms. The van der Waals surface area contributed by atoms with Gasteiger partial charge in [-0.3, -0.25) is 4.90 Å². The van der Waals surface area contributed by atoms with Crippen molar-refractivity contribution in [3.8, 4) is 0 Å². The van der Waals surface area contributed by atoms with Crippen molar-refractivity contribution in [3.63, 3.8) is 0 Å². The van der Waals surface area contributed by atoms with Crippen LogP contribution in [0.5, 0.6) is 0 Å². The van der Waals surface area contributed by atoms with Gasteiger partial charge in [0.15, 0.2) is 0 Å². The fraction of sp³-hybridized carbons (Fsp3) is 0.273. The molecule has 1 aliphatic heterocycles. The molecule has 1 heterocycles. The number of hydrogen-bond donors (Lipinski definition) is 2. The minimum Gasteiger partial charge on any atom is -0.478 e. The zero-order valence-corrected chi connectivity index (χ0v) is 9.46. The number of carboxylic acids is 1. The van der Waals surface area contributed by atoms with Crippen molar-refractivity contribution in [3.05, 3.63) is 34.9 Å². The highest BCUT2D eigenvalue weighted by Crippen LogP contribution is 2.23. The maximum atomic E-state index is 10.8. The van der Waals surface area contributed by atoms with Crippen LogP contribution in [0.25, 0.3) is 0 Å². The van der Waals surface area contributed by atoms with Crippen molar-refractivity contribution in [2.24, 2.45) is 5.73 Å². The molecule has 3 N–H and O–H groups in total. The molecular weight excluding hydrogens is 224 g/mol. The summed E-state index contributed by atoms with van der Waals surface area (Å²) in [5.74, 6) is -0.893. The van der Waals surface area contributed by atoms with Gasteiger partial charge in [0.05, 0.1) is 10.6 Å². The fourth-order valence-corrected chi connectivity index (χ4v) is 2.11. The van der Waals surface area contributed by atoms with Gasteiger partial charge in [0.2, 0.25) is 0 Å². The van der Waals surface area contributed by atoms with Gasteiger partial charge in [0, 0.05) is 19.6 Å². The maximum absolute atomic E-state index is 10.8. The second-order valence-electron chi connectivity index (χ2n) is 3.90. The Morgan fingerprint density at radius 2 is 2.12 bits per heavy atom. The Morgan fingerprint density at radius 3 is 2.75 bits per heavy atom. The van der Waals surface area contributed by atoms with Gasteiger partial charge in [-0.2, -0.15) is 0 Å². The van der Waals surface area contributed by atoms with Gasteiger partial charge in [-0.05, 0) is 23.3 Å². The lowest BCUT2D eigenvalue weighted by atomic mass is 10.1. The SMILES string of the molecule is NC(=S)CN1Cc2ccc(C(=O)O)cc2C1. The fourth-order valence-electron chi connectivity index (χ4n) is 1.93. The second-order valence-corrected chi connectivity index (χ2v) is 4.42. The zero-order chi connectivity index (χ0) is 11.7. The van der Waals surface area contributed by atoms with E-state index in [2.05, 4.69) is 4.90 Å². The summed E-state index contributed by atoms with van der Waals surface area (Å²) in [6.07, 6.45) is 0. The van der Waals surface area contributed by atoms with Crippen LogP contribution in [-0.2, 0) is 13.1 Å². The minimum atomic E-state index is -0.893. The summed E-state index contributed by atoms with van der Waals surface area (Å²) in [5, 5.41) is 8.87. The molecule has 0 radical (unpaired) electrons. The van der Waals surface area contributed by atoms with E-state index >= 15 is 0 Å².